The van der Waals surface area contributed by atoms with E-state index in [0.29, 0.717) is 6.54 Å². The lowest BCUT2D eigenvalue weighted by molar-refractivity contribution is 0.107. The Kier molecular flexibility index (Phi) is 3.33. The SMILES string of the molecule is COC(CN)Cc1nnc2n1CCCC2. The molecule has 0 aliphatic carbocycles. The van der Waals surface area contributed by atoms with Gasteiger partial charge in [-0.2, -0.15) is 0 Å². The number of hydrogen-bond acceptors (Lipinski definition) is 4. The second-order valence-corrected chi connectivity index (χ2v) is 3.94. The summed E-state index contributed by atoms with van der Waals surface area (Å²) >= 11 is 0. The smallest absolute Gasteiger partial charge is 0.135 e. The van der Waals surface area contributed by atoms with E-state index in [0.717, 1.165) is 31.0 Å². The quantitative estimate of drug-likeness (QED) is 0.767. The number of aromatic nitrogens is 3. The molecule has 0 saturated carbocycles. The molecule has 2 heterocycles. The van der Waals surface area contributed by atoms with Crippen molar-refractivity contribution in [3.8, 4) is 0 Å². The molecule has 5 heteroatoms. The monoisotopic (exact) mass is 210 g/mol. The molecule has 1 aromatic heterocycles. The topological polar surface area (TPSA) is 66.0 Å². The Morgan fingerprint density at radius 1 is 1.47 bits per heavy atom. The third kappa shape index (κ3) is 2.18. The van der Waals surface area contributed by atoms with E-state index in [9.17, 15) is 0 Å². The molecule has 5 nitrogen and oxygen atoms in total. The summed E-state index contributed by atoms with van der Waals surface area (Å²) in [6.45, 7) is 1.57. The first-order chi connectivity index (χ1) is 7.35. The van der Waals surface area contributed by atoms with E-state index in [1.165, 1.54) is 12.8 Å². The van der Waals surface area contributed by atoms with E-state index < -0.39 is 0 Å². The fourth-order valence-electron chi connectivity index (χ4n) is 1.99. The molecule has 1 aliphatic heterocycles. The van der Waals surface area contributed by atoms with E-state index in [2.05, 4.69) is 14.8 Å². The van der Waals surface area contributed by atoms with Gasteiger partial charge in [-0.05, 0) is 12.8 Å². The maximum Gasteiger partial charge on any atom is 0.135 e. The highest BCUT2D eigenvalue weighted by Crippen LogP contribution is 2.15. The Morgan fingerprint density at radius 2 is 2.33 bits per heavy atom. The van der Waals surface area contributed by atoms with Crippen molar-refractivity contribution in [3.63, 3.8) is 0 Å². The lowest BCUT2D eigenvalue weighted by atomic mass is 10.1. The summed E-state index contributed by atoms with van der Waals surface area (Å²) in [5.74, 6) is 2.13. The van der Waals surface area contributed by atoms with Gasteiger partial charge in [-0.1, -0.05) is 0 Å². The fourth-order valence-corrected chi connectivity index (χ4v) is 1.99. The van der Waals surface area contributed by atoms with Crippen LogP contribution in [0.1, 0.15) is 24.5 Å². The van der Waals surface area contributed by atoms with Gasteiger partial charge in [-0.25, -0.2) is 0 Å². The molecule has 2 rings (SSSR count). The van der Waals surface area contributed by atoms with Crippen LogP contribution in [-0.2, 0) is 24.1 Å². The van der Waals surface area contributed by atoms with Gasteiger partial charge in [0.2, 0.25) is 0 Å². The minimum absolute atomic E-state index is 0.0558. The molecular weight excluding hydrogens is 192 g/mol. The second-order valence-electron chi connectivity index (χ2n) is 3.94. The normalized spacial score (nSPS) is 17.5. The number of nitrogens with two attached hydrogens (primary N) is 1. The van der Waals surface area contributed by atoms with Gasteiger partial charge in [0, 0.05) is 33.0 Å². The molecule has 0 aromatic carbocycles. The maximum atomic E-state index is 5.59. The number of ether oxygens (including phenoxy) is 1. The van der Waals surface area contributed by atoms with Crippen molar-refractivity contribution in [2.24, 2.45) is 5.73 Å². The van der Waals surface area contributed by atoms with Crippen molar-refractivity contribution in [2.45, 2.75) is 38.3 Å². The zero-order chi connectivity index (χ0) is 10.7. The predicted octanol–water partition coefficient (Wildman–Crippen LogP) is 0.131. The summed E-state index contributed by atoms with van der Waals surface area (Å²) in [6.07, 6.45) is 4.31. The summed E-state index contributed by atoms with van der Waals surface area (Å²) in [5.41, 5.74) is 5.59. The summed E-state index contributed by atoms with van der Waals surface area (Å²) < 4.78 is 7.47. The molecule has 0 spiro atoms. The summed E-state index contributed by atoms with van der Waals surface area (Å²) in [4.78, 5) is 0. The van der Waals surface area contributed by atoms with Crippen molar-refractivity contribution in [3.05, 3.63) is 11.6 Å². The Balaban J connectivity index is 2.11. The number of nitrogens with zero attached hydrogens (tertiary/aromatic N) is 3. The molecule has 84 valence electrons. The Morgan fingerprint density at radius 3 is 3.07 bits per heavy atom. The van der Waals surface area contributed by atoms with Gasteiger partial charge in [0.1, 0.15) is 11.6 Å². The maximum absolute atomic E-state index is 5.59. The van der Waals surface area contributed by atoms with Crippen LogP contribution in [0.2, 0.25) is 0 Å². The minimum Gasteiger partial charge on any atom is -0.380 e. The highest BCUT2D eigenvalue weighted by Gasteiger charge is 2.18. The third-order valence-corrected chi connectivity index (χ3v) is 2.94. The van der Waals surface area contributed by atoms with Crippen LogP contribution in [-0.4, -0.2) is 34.5 Å². The van der Waals surface area contributed by atoms with Gasteiger partial charge in [-0.15, -0.1) is 10.2 Å². The molecule has 0 fully saturated rings. The first-order valence-electron chi connectivity index (χ1n) is 5.49. The molecule has 0 radical (unpaired) electrons. The van der Waals surface area contributed by atoms with E-state index in [4.69, 9.17) is 10.5 Å². The first-order valence-corrected chi connectivity index (χ1v) is 5.49. The van der Waals surface area contributed by atoms with Crippen molar-refractivity contribution in [1.82, 2.24) is 14.8 Å². The molecule has 1 aliphatic rings. The molecule has 0 amide bonds. The summed E-state index contributed by atoms with van der Waals surface area (Å²) in [6, 6.07) is 0. The van der Waals surface area contributed by atoms with Crippen LogP contribution >= 0.6 is 0 Å². The van der Waals surface area contributed by atoms with Gasteiger partial charge in [0.05, 0.1) is 6.10 Å². The zero-order valence-corrected chi connectivity index (χ0v) is 9.15. The molecule has 1 atom stereocenters. The average Bonchev–Trinajstić information content (AvgIpc) is 2.69. The van der Waals surface area contributed by atoms with Gasteiger partial charge >= 0.3 is 0 Å². The molecule has 0 saturated heterocycles. The van der Waals surface area contributed by atoms with Crippen LogP contribution in [0.15, 0.2) is 0 Å². The lowest BCUT2D eigenvalue weighted by Crippen LogP contribution is -2.27. The highest BCUT2D eigenvalue weighted by atomic mass is 16.5. The van der Waals surface area contributed by atoms with Gasteiger partial charge in [-0.3, -0.25) is 0 Å². The molecule has 1 aromatic rings. The number of methoxy groups -OCH3 is 1. The molecule has 1 unspecified atom stereocenters. The largest absolute Gasteiger partial charge is 0.380 e. The van der Waals surface area contributed by atoms with E-state index in [-0.39, 0.29) is 6.10 Å². The lowest BCUT2D eigenvalue weighted by Gasteiger charge is -2.17. The summed E-state index contributed by atoms with van der Waals surface area (Å²) in [7, 11) is 1.69. The van der Waals surface area contributed by atoms with Gasteiger partial charge in [0.25, 0.3) is 0 Å². The van der Waals surface area contributed by atoms with Gasteiger partial charge in [0.15, 0.2) is 0 Å². The third-order valence-electron chi connectivity index (χ3n) is 2.94. The van der Waals surface area contributed by atoms with Crippen LogP contribution in [0.5, 0.6) is 0 Å². The van der Waals surface area contributed by atoms with Crippen LogP contribution in [0.4, 0.5) is 0 Å². The Bertz CT molecular complexity index is 319. The number of aryl methyl sites for hydroxylation is 1. The highest BCUT2D eigenvalue weighted by molar-refractivity contribution is 5.00. The van der Waals surface area contributed by atoms with Crippen molar-refractivity contribution in [2.75, 3.05) is 13.7 Å². The summed E-state index contributed by atoms with van der Waals surface area (Å²) in [5, 5.41) is 8.41. The average molecular weight is 210 g/mol. The molecule has 2 N–H and O–H groups in total. The minimum atomic E-state index is 0.0558. The van der Waals surface area contributed by atoms with Crippen LogP contribution in [0.25, 0.3) is 0 Å². The fraction of sp³-hybridized carbons (Fsp3) is 0.800. The predicted molar refractivity (Wildman–Crippen MR) is 56.5 cm³/mol. The second kappa shape index (κ2) is 4.72. The standard InChI is InChI=1S/C10H18N4O/c1-15-8(7-11)6-10-13-12-9-4-2-3-5-14(9)10/h8H,2-7,11H2,1H3. The van der Waals surface area contributed by atoms with Crippen LogP contribution < -0.4 is 5.73 Å². The Labute approximate surface area is 89.6 Å². The van der Waals surface area contributed by atoms with Crippen molar-refractivity contribution >= 4 is 0 Å². The van der Waals surface area contributed by atoms with E-state index in [1.807, 2.05) is 0 Å². The van der Waals surface area contributed by atoms with Crippen LogP contribution in [0.3, 0.4) is 0 Å². The molecule has 0 bridgehead atoms. The number of hydrogen-bond donors (Lipinski definition) is 1. The van der Waals surface area contributed by atoms with Crippen LogP contribution in [0, 0.1) is 0 Å². The molecule has 15 heavy (non-hydrogen) atoms. The Hall–Kier alpha value is -0.940. The number of rotatable bonds is 4. The van der Waals surface area contributed by atoms with E-state index in [1.54, 1.807) is 7.11 Å². The van der Waals surface area contributed by atoms with Gasteiger partial charge < -0.3 is 15.0 Å². The van der Waals surface area contributed by atoms with E-state index >= 15 is 0 Å². The number of fused-ring (bicyclic) bond motifs is 1. The van der Waals surface area contributed by atoms with Crippen molar-refractivity contribution < 1.29 is 4.74 Å². The van der Waals surface area contributed by atoms with Crippen molar-refractivity contribution in [1.29, 1.82) is 0 Å². The molecular formula is C10H18N4O. The first kappa shape index (κ1) is 10.6. The zero-order valence-electron chi connectivity index (χ0n) is 9.15.